The van der Waals surface area contributed by atoms with Gasteiger partial charge in [-0.25, -0.2) is 9.97 Å². The van der Waals surface area contributed by atoms with Gasteiger partial charge in [-0.2, -0.15) is 0 Å². The van der Waals surface area contributed by atoms with Gasteiger partial charge in [-0.3, -0.25) is 14.8 Å². The molecule has 3 heterocycles. The Morgan fingerprint density at radius 1 is 0.971 bits per heavy atom. The van der Waals surface area contributed by atoms with E-state index in [4.69, 9.17) is 0 Å². The summed E-state index contributed by atoms with van der Waals surface area (Å²) in [6.07, 6.45) is 5.05. The maximum Gasteiger partial charge on any atom is 0.251 e. The van der Waals surface area contributed by atoms with Crippen molar-refractivity contribution in [2.45, 2.75) is 46.0 Å². The van der Waals surface area contributed by atoms with Gasteiger partial charge in [-0.1, -0.05) is 45.9 Å². The number of anilines is 1. The van der Waals surface area contributed by atoms with E-state index in [0.717, 1.165) is 57.8 Å². The van der Waals surface area contributed by atoms with Crippen LogP contribution in [0.15, 0.2) is 55.0 Å². The lowest BCUT2D eigenvalue weighted by atomic mass is 9.82. The molecule has 0 bridgehead atoms. The number of carbonyl (C=O) groups is 1. The van der Waals surface area contributed by atoms with Crippen molar-refractivity contribution in [1.29, 1.82) is 0 Å². The Morgan fingerprint density at radius 2 is 1.71 bits per heavy atom. The van der Waals surface area contributed by atoms with E-state index in [2.05, 4.69) is 76.5 Å². The first kappa shape index (κ1) is 24.3. The van der Waals surface area contributed by atoms with E-state index in [0.29, 0.717) is 12.1 Å². The van der Waals surface area contributed by atoms with Crippen LogP contribution in [0.4, 0.5) is 5.82 Å². The molecular weight excluding hydrogens is 436 g/mol. The van der Waals surface area contributed by atoms with Crippen LogP contribution >= 0.6 is 0 Å². The first-order valence-electron chi connectivity index (χ1n) is 12.0. The third-order valence-electron chi connectivity index (χ3n) is 6.30. The molecule has 0 radical (unpaired) electrons. The molecule has 4 rings (SSSR count). The number of pyridine rings is 2. The zero-order valence-corrected chi connectivity index (χ0v) is 21.0. The molecule has 1 aromatic carbocycles. The number of rotatable bonds is 8. The molecule has 35 heavy (non-hydrogen) atoms. The number of aryl methyl sites for hydroxylation is 2. The van der Waals surface area contributed by atoms with Crippen LogP contribution in [0.5, 0.6) is 0 Å². The highest BCUT2D eigenvalue weighted by Gasteiger charge is 2.25. The van der Waals surface area contributed by atoms with Crippen molar-refractivity contribution in [3.05, 3.63) is 77.5 Å². The van der Waals surface area contributed by atoms with Crippen LogP contribution in [-0.2, 0) is 18.3 Å². The number of hydrogen-bond acceptors (Lipinski definition) is 6. The summed E-state index contributed by atoms with van der Waals surface area (Å²) in [7, 11) is 1.64. The van der Waals surface area contributed by atoms with Crippen LogP contribution in [0.3, 0.4) is 0 Å². The molecule has 0 unspecified atom stereocenters. The van der Waals surface area contributed by atoms with E-state index in [1.54, 1.807) is 25.6 Å². The largest absolute Gasteiger partial charge is 0.369 e. The van der Waals surface area contributed by atoms with Crippen molar-refractivity contribution >= 4 is 22.6 Å². The third kappa shape index (κ3) is 5.14. The Bertz CT molecular complexity index is 1340. The normalized spacial score (nSPS) is 11.5. The van der Waals surface area contributed by atoms with Crippen LogP contribution in [0, 0.1) is 0 Å². The molecule has 0 saturated heterocycles. The molecule has 0 fully saturated rings. The summed E-state index contributed by atoms with van der Waals surface area (Å²) in [5, 5.41) is 7.05. The second-order valence-corrected chi connectivity index (χ2v) is 9.21. The van der Waals surface area contributed by atoms with Gasteiger partial charge >= 0.3 is 0 Å². The first-order valence-corrected chi connectivity index (χ1v) is 12.0. The summed E-state index contributed by atoms with van der Waals surface area (Å²) in [6.45, 7) is 9.18. The van der Waals surface area contributed by atoms with Crippen molar-refractivity contribution < 1.29 is 4.79 Å². The zero-order valence-electron chi connectivity index (χ0n) is 21.0. The average Bonchev–Trinajstić information content (AvgIpc) is 2.90. The van der Waals surface area contributed by atoms with E-state index < -0.39 is 0 Å². The molecule has 3 aromatic heterocycles. The maximum atomic E-state index is 12.4. The van der Waals surface area contributed by atoms with E-state index in [1.165, 1.54) is 0 Å². The molecule has 0 spiro atoms. The van der Waals surface area contributed by atoms with Crippen molar-refractivity contribution in [2.75, 3.05) is 18.9 Å². The summed E-state index contributed by atoms with van der Waals surface area (Å²) < 4.78 is 0. The standard InChI is InChI=1S/C28H32N6O/c1-6-19-13-18(14-20(7-2)34-19)24-15-25(33-17-32-24)31-16-28(3,4)23-10-8-9-21-22(27(35)29-5)11-12-30-26(21)23/h8-15,17H,6-7,16H2,1-5H3,(H,29,35)(H,31,32,33). The minimum atomic E-state index is -0.277. The van der Waals surface area contributed by atoms with Gasteiger partial charge in [0, 0.05) is 53.6 Å². The molecule has 0 aliphatic heterocycles. The van der Waals surface area contributed by atoms with Crippen molar-refractivity contribution in [1.82, 2.24) is 25.3 Å². The van der Waals surface area contributed by atoms with E-state index >= 15 is 0 Å². The fourth-order valence-corrected chi connectivity index (χ4v) is 4.23. The topological polar surface area (TPSA) is 92.7 Å². The van der Waals surface area contributed by atoms with Crippen LogP contribution in [0.25, 0.3) is 22.2 Å². The average molecular weight is 469 g/mol. The Hall–Kier alpha value is -3.87. The molecule has 7 nitrogen and oxygen atoms in total. The summed E-state index contributed by atoms with van der Waals surface area (Å²) in [5.74, 6) is 0.641. The zero-order chi connectivity index (χ0) is 25.0. The molecule has 7 heteroatoms. The highest BCUT2D eigenvalue weighted by atomic mass is 16.1. The van der Waals surface area contributed by atoms with Crippen molar-refractivity contribution in [3.63, 3.8) is 0 Å². The van der Waals surface area contributed by atoms with Crippen LogP contribution in [0.1, 0.15) is 55.0 Å². The Labute approximate surface area is 206 Å². The number of nitrogens with one attached hydrogen (secondary N) is 2. The molecule has 1 amide bonds. The van der Waals surface area contributed by atoms with Gasteiger partial charge in [0.2, 0.25) is 0 Å². The number of benzene rings is 1. The van der Waals surface area contributed by atoms with Crippen LogP contribution in [0.2, 0.25) is 0 Å². The first-order chi connectivity index (χ1) is 16.9. The fraction of sp³-hybridized carbons (Fsp3) is 0.321. The number of hydrogen-bond donors (Lipinski definition) is 2. The number of nitrogens with zero attached hydrogens (tertiary/aromatic N) is 4. The van der Waals surface area contributed by atoms with Gasteiger partial charge in [-0.15, -0.1) is 0 Å². The third-order valence-corrected chi connectivity index (χ3v) is 6.30. The molecule has 2 N–H and O–H groups in total. The Balaban J connectivity index is 1.61. The Kier molecular flexibility index (Phi) is 7.05. The van der Waals surface area contributed by atoms with Crippen molar-refractivity contribution in [2.24, 2.45) is 0 Å². The van der Waals surface area contributed by atoms with E-state index in [1.807, 2.05) is 18.2 Å². The Morgan fingerprint density at radius 3 is 2.40 bits per heavy atom. The lowest BCUT2D eigenvalue weighted by Crippen LogP contribution is -2.28. The molecular formula is C28H32N6O. The molecule has 0 aliphatic rings. The highest BCUT2D eigenvalue weighted by molar-refractivity contribution is 6.06. The number of amides is 1. The minimum absolute atomic E-state index is 0.118. The van der Waals surface area contributed by atoms with Gasteiger partial charge in [0.15, 0.2) is 0 Å². The lowest BCUT2D eigenvalue weighted by molar-refractivity contribution is 0.0964. The van der Waals surface area contributed by atoms with Gasteiger partial charge in [-0.05, 0) is 36.6 Å². The van der Waals surface area contributed by atoms with E-state index in [9.17, 15) is 4.79 Å². The maximum absolute atomic E-state index is 12.4. The summed E-state index contributed by atoms with van der Waals surface area (Å²) >= 11 is 0. The van der Waals surface area contributed by atoms with Gasteiger partial charge < -0.3 is 10.6 Å². The molecule has 0 saturated carbocycles. The summed E-state index contributed by atoms with van der Waals surface area (Å²) in [6, 6.07) is 13.9. The number of para-hydroxylation sites is 1. The van der Waals surface area contributed by atoms with Gasteiger partial charge in [0.1, 0.15) is 12.1 Å². The smallest absolute Gasteiger partial charge is 0.251 e. The number of fused-ring (bicyclic) bond motifs is 1. The summed E-state index contributed by atoms with van der Waals surface area (Å²) in [4.78, 5) is 30.6. The molecule has 180 valence electrons. The monoisotopic (exact) mass is 468 g/mol. The second-order valence-electron chi connectivity index (χ2n) is 9.21. The predicted octanol–water partition coefficient (Wildman–Crippen LogP) is 4.96. The SMILES string of the molecule is CCc1cc(-c2cc(NCC(C)(C)c3cccc4c(C(=O)NC)ccnc34)ncn2)cc(CC)n1. The predicted molar refractivity (Wildman–Crippen MR) is 141 cm³/mol. The fourth-order valence-electron chi connectivity index (χ4n) is 4.23. The quantitative estimate of drug-likeness (QED) is 0.380. The van der Waals surface area contributed by atoms with Crippen LogP contribution in [-0.4, -0.2) is 39.4 Å². The molecule has 0 aliphatic carbocycles. The minimum Gasteiger partial charge on any atom is -0.369 e. The summed E-state index contributed by atoms with van der Waals surface area (Å²) in [5.41, 5.74) is 6.30. The van der Waals surface area contributed by atoms with Gasteiger partial charge in [0.25, 0.3) is 5.91 Å². The van der Waals surface area contributed by atoms with Gasteiger partial charge in [0.05, 0.1) is 16.8 Å². The van der Waals surface area contributed by atoms with Crippen LogP contribution < -0.4 is 10.6 Å². The number of aromatic nitrogens is 4. The lowest BCUT2D eigenvalue weighted by Gasteiger charge is -2.27. The molecule has 4 aromatic rings. The number of carbonyl (C=O) groups excluding carboxylic acids is 1. The van der Waals surface area contributed by atoms with E-state index in [-0.39, 0.29) is 11.3 Å². The second kappa shape index (κ2) is 10.2. The highest BCUT2D eigenvalue weighted by Crippen LogP contribution is 2.31. The van der Waals surface area contributed by atoms with Crippen molar-refractivity contribution in [3.8, 4) is 11.3 Å². The molecule has 0 atom stereocenters.